The van der Waals surface area contributed by atoms with Crippen molar-refractivity contribution in [3.05, 3.63) is 35.6 Å². The third-order valence-corrected chi connectivity index (χ3v) is 3.88. The van der Waals surface area contributed by atoms with Crippen LogP contribution in [0.5, 0.6) is 0 Å². The molecule has 23 heavy (non-hydrogen) atoms. The summed E-state index contributed by atoms with van der Waals surface area (Å²) in [5.41, 5.74) is 0.814. The number of benzene rings is 1. The number of carbonyl (C=O) groups is 2. The van der Waals surface area contributed by atoms with Crippen LogP contribution in [0.3, 0.4) is 0 Å². The molecule has 2 rings (SSSR count). The minimum atomic E-state index is -0.297. The second-order valence-corrected chi connectivity index (χ2v) is 5.62. The highest BCUT2D eigenvalue weighted by Crippen LogP contribution is 2.17. The molecule has 1 aromatic carbocycles. The minimum Gasteiger partial charge on any atom is -0.372 e. The highest BCUT2D eigenvalue weighted by Gasteiger charge is 2.28. The van der Waals surface area contributed by atoms with Crippen molar-refractivity contribution in [2.24, 2.45) is 0 Å². The summed E-state index contributed by atoms with van der Waals surface area (Å²) in [6.07, 6.45) is 1.87. The summed E-state index contributed by atoms with van der Waals surface area (Å²) in [5, 5.41) is 2.80. The fourth-order valence-corrected chi connectivity index (χ4v) is 2.76. The molecule has 1 atom stereocenters. The molecule has 1 saturated heterocycles. The lowest BCUT2D eigenvalue weighted by Gasteiger charge is -2.28. The molecule has 1 heterocycles. The number of amides is 2. The fourth-order valence-electron chi connectivity index (χ4n) is 2.76. The van der Waals surface area contributed by atoms with Crippen LogP contribution in [-0.4, -0.2) is 49.1 Å². The van der Waals surface area contributed by atoms with E-state index >= 15 is 0 Å². The van der Waals surface area contributed by atoms with Gasteiger partial charge in [-0.1, -0.05) is 12.1 Å². The maximum absolute atomic E-state index is 13.4. The van der Waals surface area contributed by atoms with E-state index in [9.17, 15) is 14.0 Å². The molecular weight excluding hydrogens is 299 g/mol. The first-order valence-corrected chi connectivity index (χ1v) is 7.98. The zero-order valence-electron chi connectivity index (χ0n) is 13.4. The third kappa shape index (κ3) is 5.32. The molecule has 1 aromatic rings. The van der Waals surface area contributed by atoms with E-state index in [-0.39, 0.29) is 30.3 Å². The topological polar surface area (TPSA) is 58.6 Å². The van der Waals surface area contributed by atoms with Gasteiger partial charge in [-0.15, -0.1) is 0 Å². The van der Waals surface area contributed by atoms with Crippen LogP contribution in [0.2, 0.25) is 0 Å². The highest BCUT2D eigenvalue weighted by molar-refractivity contribution is 5.79. The Morgan fingerprint density at radius 3 is 2.96 bits per heavy atom. The van der Waals surface area contributed by atoms with Crippen LogP contribution in [0.15, 0.2) is 24.3 Å². The summed E-state index contributed by atoms with van der Waals surface area (Å²) in [6, 6.07) is 6.18. The summed E-state index contributed by atoms with van der Waals surface area (Å²) < 4.78 is 18.4. The van der Waals surface area contributed by atoms with Crippen LogP contribution < -0.4 is 5.32 Å². The van der Waals surface area contributed by atoms with Crippen LogP contribution in [0.25, 0.3) is 0 Å². The average molecular weight is 322 g/mol. The molecule has 0 unspecified atom stereocenters. The SMILES string of the molecule is CCOCC(=O)NC[C@@H](Cc1cccc(F)c1)N1CCCC1=O. The van der Waals surface area contributed by atoms with Gasteiger partial charge in [-0.3, -0.25) is 9.59 Å². The van der Waals surface area contributed by atoms with Gasteiger partial charge in [0.2, 0.25) is 11.8 Å². The Kier molecular flexibility index (Phi) is 6.52. The monoisotopic (exact) mass is 322 g/mol. The number of carbonyl (C=O) groups excluding carboxylic acids is 2. The summed E-state index contributed by atoms with van der Waals surface area (Å²) in [6.45, 7) is 3.33. The minimum absolute atomic E-state index is 0.0110. The maximum Gasteiger partial charge on any atom is 0.246 e. The normalized spacial score (nSPS) is 15.7. The van der Waals surface area contributed by atoms with Gasteiger partial charge in [0.15, 0.2) is 0 Å². The number of ether oxygens (including phenoxy) is 1. The number of nitrogens with zero attached hydrogens (tertiary/aromatic N) is 1. The van der Waals surface area contributed by atoms with Gasteiger partial charge in [-0.25, -0.2) is 4.39 Å². The van der Waals surface area contributed by atoms with Crippen LogP contribution in [0.4, 0.5) is 4.39 Å². The molecule has 126 valence electrons. The van der Waals surface area contributed by atoms with Crippen molar-refractivity contribution in [1.82, 2.24) is 10.2 Å². The molecule has 1 aliphatic rings. The van der Waals surface area contributed by atoms with Gasteiger partial charge >= 0.3 is 0 Å². The molecule has 0 radical (unpaired) electrons. The van der Waals surface area contributed by atoms with Gasteiger partial charge in [0.25, 0.3) is 0 Å². The highest BCUT2D eigenvalue weighted by atomic mass is 19.1. The molecule has 5 nitrogen and oxygen atoms in total. The second kappa shape index (κ2) is 8.62. The lowest BCUT2D eigenvalue weighted by Crippen LogP contribution is -2.46. The average Bonchev–Trinajstić information content (AvgIpc) is 2.95. The van der Waals surface area contributed by atoms with E-state index in [0.29, 0.717) is 32.5 Å². The van der Waals surface area contributed by atoms with Gasteiger partial charge in [0.1, 0.15) is 12.4 Å². The quantitative estimate of drug-likeness (QED) is 0.789. The van der Waals surface area contributed by atoms with Crippen LogP contribution in [0.1, 0.15) is 25.3 Å². The molecular formula is C17H23FN2O3. The summed E-state index contributed by atoms with van der Waals surface area (Å²) in [4.78, 5) is 25.5. The number of rotatable bonds is 8. The Labute approximate surface area is 135 Å². The zero-order chi connectivity index (χ0) is 16.7. The fraction of sp³-hybridized carbons (Fsp3) is 0.529. The van der Waals surface area contributed by atoms with E-state index in [1.165, 1.54) is 12.1 Å². The Morgan fingerprint density at radius 1 is 1.48 bits per heavy atom. The van der Waals surface area contributed by atoms with Gasteiger partial charge < -0.3 is 15.0 Å². The van der Waals surface area contributed by atoms with E-state index in [2.05, 4.69) is 5.32 Å². The molecule has 0 spiro atoms. The van der Waals surface area contributed by atoms with Crippen molar-refractivity contribution in [2.45, 2.75) is 32.2 Å². The smallest absolute Gasteiger partial charge is 0.246 e. The van der Waals surface area contributed by atoms with E-state index < -0.39 is 0 Å². The third-order valence-electron chi connectivity index (χ3n) is 3.88. The lowest BCUT2D eigenvalue weighted by atomic mass is 10.0. The Bertz CT molecular complexity index is 550. The van der Waals surface area contributed by atoms with Gasteiger partial charge in [0, 0.05) is 26.1 Å². The largest absolute Gasteiger partial charge is 0.372 e. The van der Waals surface area contributed by atoms with Crippen molar-refractivity contribution in [3.8, 4) is 0 Å². The van der Waals surface area contributed by atoms with E-state index in [1.54, 1.807) is 11.0 Å². The van der Waals surface area contributed by atoms with E-state index in [0.717, 1.165) is 12.0 Å². The molecule has 0 aliphatic carbocycles. The molecule has 1 aliphatic heterocycles. The second-order valence-electron chi connectivity index (χ2n) is 5.62. The Morgan fingerprint density at radius 2 is 2.30 bits per heavy atom. The summed E-state index contributed by atoms with van der Waals surface area (Å²) in [7, 11) is 0. The van der Waals surface area contributed by atoms with Gasteiger partial charge in [-0.2, -0.15) is 0 Å². The van der Waals surface area contributed by atoms with Crippen molar-refractivity contribution >= 4 is 11.8 Å². The molecule has 1 N–H and O–H groups in total. The summed E-state index contributed by atoms with van der Waals surface area (Å²) in [5.74, 6) is -0.414. The molecule has 0 aromatic heterocycles. The standard InChI is InChI=1S/C17H23FN2O3/c1-2-23-12-16(21)19-11-15(20-8-4-7-17(20)22)10-13-5-3-6-14(18)9-13/h3,5-6,9,15H,2,4,7-8,10-12H2,1H3,(H,19,21)/t15-/m1/s1. The van der Waals surface area contributed by atoms with Crippen molar-refractivity contribution in [3.63, 3.8) is 0 Å². The summed E-state index contributed by atoms with van der Waals surface area (Å²) >= 11 is 0. The first-order valence-electron chi connectivity index (χ1n) is 7.98. The van der Waals surface area contributed by atoms with Crippen molar-refractivity contribution in [1.29, 1.82) is 0 Å². The number of hydrogen-bond acceptors (Lipinski definition) is 3. The maximum atomic E-state index is 13.4. The molecule has 6 heteroatoms. The molecule has 0 bridgehead atoms. The van der Waals surface area contributed by atoms with Gasteiger partial charge in [0.05, 0.1) is 6.04 Å². The Balaban J connectivity index is 2.00. The van der Waals surface area contributed by atoms with Gasteiger partial charge in [-0.05, 0) is 37.5 Å². The van der Waals surface area contributed by atoms with Crippen LogP contribution in [0, 0.1) is 5.82 Å². The predicted molar refractivity (Wildman–Crippen MR) is 84.3 cm³/mol. The van der Waals surface area contributed by atoms with E-state index in [4.69, 9.17) is 4.74 Å². The van der Waals surface area contributed by atoms with Crippen molar-refractivity contribution in [2.75, 3.05) is 26.3 Å². The lowest BCUT2D eigenvalue weighted by molar-refractivity contribution is -0.131. The number of nitrogens with one attached hydrogen (secondary N) is 1. The first kappa shape index (κ1) is 17.4. The van der Waals surface area contributed by atoms with Crippen LogP contribution in [-0.2, 0) is 20.7 Å². The molecule has 1 fully saturated rings. The number of hydrogen-bond donors (Lipinski definition) is 1. The zero-order valence-corrected chi connectivity index (χ0v) is 13.4. The Hall–Kier alpha value is -1.95. The number of halogens is 1. The van der Waals surface area contributed by atoms with Crippen LogP contribution >= 0.6 is 0 Å². The van der Waals surface area contributed by atoms with Crippen molar-refractivity contribution < 1.29 is 18.7 Å². The predicted octanol–water partition coefficient (Wildman–Crippen LogP) is 1.51. The number of likely N-dealkylation sites (tertiary alicyclic amines) is 1. The first-order chi connectivity index (χ1) is 11.1. The van der Waals surface area contributed by atoms with E-state index in [1.807, 2.05) is 13.0 Å². The molecule has 2 amide bonds. The molecule has 0 saturated carbocycles.